The van der Waals surface area contributed by atoms with Gasteiger partial charge in [0.1, 0.15) is 11.5 Å². The van der Waals surface area contributed by atoms with Crippen LogP contribution >= 0.6 is 0 Å². The van der Waals surface area contributed by atoms with Gasteiger partial charge in [-0.1, -0.05) is 12.1 Å². The highest BCUT2D eigenvalue weighted by molar-refractivity contribution is 6.10. The summed E-state index contributed by atoms with van der Waals surface area (Å²) in [4.78, 5) is 44.7. The molecule has 1 aliphatic heterocycles. The van der Waals surface area contributed by atoms with Crippen LogP contribution in [0.15, 0.2) is 71.7 Å². The number of aryl methyl sites for hydroxylation is 1. The molecule has 2 aromatic carbocycles. The van der Waals surface area contributed by atoms with Gasteiger partial charge in [-0.15, -0.1) is 0 Å². The van der Waals surface area contributed by atoms with Gasteiger partial charge in [0.15, 0.2) is 5.78 Å². The van der Waals surface area contributed by atoms with Gasteiger partial charge >= 0.3 is 0 Å². The predicted molar refractivity (Wildman–Crippen MR) is 128 cm³/mol. The van der Waals surface area contributed by atoms with Gasteiger partial charge in [0.2, 0.25) is 11.3 Å². The van der Waals surface area contributed by atoms with E-state index in [0.29, 0.717) is 24.0 Å². The summed E-state index contributed by atoms with van der Waals surface area (Å²) in [5.41, 5.74) is 2.87. The summed E-state index contributed by atoms with van der Waals surface area (Å²) in [7, 11) is 0. The Morgan fingerprint density at radius 3 is 2.41 bits per heavy atom. The fourth-order valence-corrected chi connectivity index (χ4v) is 4.30. The Bertz CT molecular complexity index is 1470. The Hall–Kier alpha value is -4.13. The van der Waals surface area contributed by atoms with Crippen LogP contribution in [-0.4, -0.2) is 27.8 Å². The molecule has 0 radical (unpaired) electrons. The highest BCUT2D eigenvalue weighted by atomic mass is 19.1. The van der Waals surface area contributed by atoms with Crippen LogP contribution in [0.2, 0.25) is 0 Å². The van der Waals surface area contributed by atoms with Crippen LogP contribution in [0.25, 0.3) is 11.0 Å². The molecule has 0 atom stereocenters. The molecule has 1 fully saturated rings. The van der Waals surface area contributed by atoms with Crippen molar-refractivity contribution >= 4 is 28.4 Å². The van der Waals surface area contributed by atoms with Crippen molar-refractivity contribution in [3.05, 3.63) is 105 Å². The van der Waals surface area contributed by atoms with Crippen molar-refractivity contribution in [3.63, 3.8) is 0 Å². The summed E-state index contributed by atoms with van der Waals surface area (Å²) in [6.45, 7) is 2.94. The SMILES string of the molecule is Cc1ccc2c(=O)c(C(=O)c3ccc(F)cc3)cn(Cc3ccc(N4CCCC4=O)cc3)c2n1. The van der Waals surface area contributed by atoms with Crippen molar-refractivity contribution in [3.8, 4) is 0 Å². The van der Waals surface area contributed by atoms with E-state index in [1.54, 1.807) is 21.6 Å². The van der Waals surface area contributed by atoms with Crippen LogP contribution in [0.4, 0.5) is 10.1 Å². The summed E-state index contributed by atoms with van der Waals surface area (Å²) in [5, 5.41) is 0.345. The number of amides is 1. The number of nitrogens with zero attached hydrogens (tertiary/aromatic N) is 3. The molecule has 0 spiro atoms. The highest BCUT2D eigenvalue weighted by Crippen LogP contribution is 2.22. The number of anilines is 1. The Labute approximate surface area is 195 Å². The number of aromatic nitrogens is 2. The Morgan fingerprint density at radius 2 is 1.74 bits per heavy atom. The Balaban J connectivity index is 1.56. The summed E-state index contributed by atoms with van der Waals surface area (Å²) in [5.74, 6) is -0.793. The van der Waals surface area contributed by atoms with Crippen molar-refractivity contribution in [1.82, 2.24) is 9.55 Å². The predicted octanol–water partition coefficient (Wildman–Crippen LogP) is 4.25. The molecule has 0 unspecified atom stereocenters. The molecule has 0 saturated carbocycles. The van der Waals surface area contributed by atoms with Gasteiger partial charge in [0, 0.05) is 42.7 Å². The largest absolute Gasteiger partial charge is 0.327 e. The van der Waals surface area contributed by atoms with Crippen LogP contribution in [0.5, 0.6) is 0 Å². The van der Waals surface area contributed by atoms with Crippen LogP contribution in [0.3, 0.4) is 0 Å². The van der Waals surface area contributed by atoms with Crippen molar-refractivity contribution in [2.24, 2.45) is 0 Å². The maximum Gasteiger partial charge on any atom is 0.227 e. The van der Waals surface area contributed by atoms with Crippen LogP contribution in [-0.2, 0) is 11.3 Å². The molecule has 1 aliphatic rings. The summed E-state index contributed by atoms with van der Waals surface area (Å²) in [6, 6.07) is 16.2. The van der Waals surface area contributed by atoms with Gasteiger partial charge in [-0.2, -0.15) is 0 Å². The lowest BCUT2D eigenvalue weighted by Gasteiger charge is -2.17. The number of carbonyl (C=O) groups is 2. The third kappa shape index (κ3) is 4.01. The minimum Gasteiger partial charge on any atom is -0.327 e. The average Bonchev–Trinajstić information content (AvgIpc) is 3.27. The fraction of sp³-hybridized carbons (Fsp3) is 0.185. The number of carbonyl (C=O) groups excluding carboxylic acids is 2. The van der Waals surface area contributed by atoms with Crippen molar-refractivity contribution in [1.29, 1.82) is 0 Å². The van der Waals surface area contributed by atoms with Crippen LogP contribution in [0.1, 0.15) is 40.0 Å². The molecule has 6 nitrogen and oxygen atoms in total. The van der Waals surface area contributed by atoms with E-state index in [0.717, 1.165) is 29.9 Å². The molecule has 1 saturated heterocycles. The highest BCUT2D eigenvalue weighted by Gasteiger charge is 2.22. The minimum absolute atomic E-state index is 0.00375. The van der Waals surface area contributed by atoms with E-state index < -0.39 is 17.0 Å². The van der Waals surface area contributed by atoms with E-state index in [1.807, 2.05) is 31.2 Å². The minimum atomic E-state index is -0.468. The lowest BCUT2D eigenvalue weighted by molar-refractivity contribution is -0.117. The van der Waals surface area contributed by atoms with Gasteiger partial charge in [-0.25, -0.2) is 9.37 Å². The molecule has 0 aliphatic carbocycles. The molecule has 5 rings (SSSR count). The molecular weight excluding hydrogens is 433 g/mol. The number of hydrogen-bond acceptors (Lipinski definition) is 4. The number of pyridine rings is 2. The standard InChI is InChI=1S/C27H22FN3O3/c1-17-4-13-22-26(34)23(25(33)19-7-9-20(28)10-8-19)16-30(27(22)29-17)15-18-5-11-21(12-6-18)31-14-2-3-24(31)32/h4-13,16H,2-3,14-15H2,1H3. The van der Waals surface area contributed by atoms with Gasteiger partial charge in [-0.3, -0.25) is 14.4 Å². The van der Waals surface area contributed by atoms with Crippen molar-refractivity contribution < 1.29 is 14.0 Å². The van der Waals surface area contributed by atoms with E-state index >= 15 is 0 Å². The van der Waals surface area contributed by atoms with Crippen LogP contribution < -0.4 is 10.3 Å². The molecule has 0 N–H and O–H groups in total. The Kier molecular flexibility index (Phi) is 5.53. The fourth-order valence-electron chi connectivity index (χ4n) is 4.30. The van der Waals surface area contributed by atoms with E-state index in [2.05, 4.69) is 4.98 Å². The summed E-state index contributed by atoms with van der Waals surface area (Å²) >= 11 is 0. The Morgan fingerprint density at radius 1 is 1.00 bits per heavy atom. The normalized spacial score (nSPS) is 13.6. The third-order valence-corrected chi connectivity index (χ3v) is 6.09. The van der Waals surface area contributed by atoms with E-state index in [4.69, 9.17) is 0 Å². The monoisotopic (exact) mass is 455 g/mol. The molecule has 2 aromatic heterocycles. The zero-order chi connectivity index (χ0) is 23.8. The van der Waals surface area contributed by atoms with Crippen molar-refractivity contribution in [2.75, 3.05) is 11.4 Å². The number of halogens is 1. The number of fused-ring (bicyclic) bond motifs is 1. The number of hydrogen-bond donors (Lipinski definition) is 0. The van der Waals surface area contributed by atoms with E-state index in [9.17, 15) is 18.8 Å². The molecule has 7 heteroatoms. The second-order valence-electron chi connectivity index (χ2n) is 8.47. The first kappa shape index (κ1) is 21.7. The number of ketones is 1. The second kappa shape index (κ2) is 8.67. The first-order valence-electron chi connectivity index (χ1n) is 11.1. The summed E-state index contributed by atoms with van der Waals surface area (Å²) < 4.78 is 15.1. The third-order valence-electron chi connectivity index (χ3n) is 6.09. The van der Waals surface area contributed by atoms with Gasteiger partial charge in [0.25, 0.3) is 0 Å². The molecular formula is C27H22FN3O3. The second-order valence-corrected chi connectivity index (χ2v) is 8.47. The first-order chi connectivity index (χ1) is 16.4. The zero-order valence-corrected chi connectivity index (χ0v) is 18.6. The zero-order valence-electron chi connectivity index (χ0n) is 18.6. The topological polar surface area (TPSA) is 72.3 Å². The molecule has 3 heterocycles. The van der Waals surface area contributed by atoms with Gasteiger partial charge in [-0.05, 0) is 67.4 Å². The van der Waals surface area contributed by atoms with Crippen LogP contribution in [0, 0.1) is 12.7 Å². The smallest absolute Gasteiger partial charge is 0.227 e. The maximum atomic E-state index is 13.3. The van der Waals surface area contributed by atoms with Crippen molar-refractivity contribution in [2.45, 2.75) is 26.3 Å². The molecule has 34 heavy (non-hydrogen) atoms. The van der Waals surface area contributed by atoms with E-state index in [-0.39, 0.29) is 17.0 Å². The lowest BCUT2D eigenvalue weighted by Crippen LogP contribution is -2.23. The number of benzene rings is 2. The summed E-state index contributed by atoms with van der Waals surface area (Å²) in [6.07, 6.45) is 2.96. The molecule has 1 amide bonds. The number of rotatable bonds is 5. The maximum absolute atomic E-state index is 13.3. The average molecular weight is 455 g/mol. The van der Waals surface area contributed by atoms with Gasteiger partial charge in [0.05, 0.1) is 10.9 Å². The quantitative estimate of drug-likeness (QED) is 0.422. The first-order valence-corrected chi connectivity index (χ1v) is 11.1. The molecule has 4 aromatic rings. The van der Waals surface area contributed by atoms with E-state index in [1.165, 1.54) is 30.5 Å². The lowest BCUT2D eigenvalue weighted by atomic mass is 10.0. The molecule has 170 valence electrons. The molecule has 0 bridgehead atoms. The van der Waals surface area contributed by atoms with Gasteiger partial charge < -0.3 is 9.47 Å².